The van der Waals surface area contributed by atoms with Crippen LogP contribution in [0.15, 0.2) is 0 Å². The van der Waals surface area contributed by atoms with Gasteiger partial charge in [0.05, 0.1) is 12.9 Å². The van der Waals surface area contributed by atoms with Crippen LogP contribution in [0, 0.1) is 11.3 Å². The number of nitrogens with one attached hydrogen (secondary N) is 1. The van der Waals surface area contributed by atoms with Crippen molar-refractivity contribution in [2.75, 3.05) is 46.2 Å². The molecular weight excluding hydrogens is 276 g/mol. The van der Waals surface area contributed by atoms with Gasteiger partial charge in [0.15, 0.2) is 0 Å². The Kier molecular flexibility index (Phi) is 5.45. The van der Waals surface area contributed by atoms with Crippen LogP contribution >= 0.6 is 0 Å². The predicted molar refractivity (Wildman–Crippen MR) is 80.2 cm³/mol. The number of piperidine rings is 1. The Morgan fingerprint density at radius 3 is 2.80 bits per heavy atom. The third-order valence-corrected chi connectivity index (χ3v) is 5.90. The second kappa shape index (κ2) is 6.73. The molecule has 0 bridgehead atoms. The zero-order chi connectivity index (χ0) is 14.6. The molecule has 0 saturated carbocycles. The summed E-state index contributed by atoms with van der Waals surface area (Å²) < 4.78 is 30.8. The number of rotatable bonds is 5. The molecule has 1 N–H and O–H groups in total. The van der Waals surface area contributed by atoms with Crippen molar-refractivity contribution >= 4 is 10.0 Å². The molecule has 6 heteroatoms. The maximum Gasteiger partial charge on any atom is 0.211 e. The van der Waals surface area contributed by atoms with E-state index in [1.807, 2.05) is 7.05 Å². The summed E-state index contributed by atoms with van der Waals surface area (Å²) in [6.45, 7) is 4.01. The molecule has 2 heterocycles. The molecule has 2 aliphatic heterocycles. The van der Waals surface area contributed by atoms with Crippen molar-refractivity contribution in [3.05, 3.63) is 0 Å². The highest BCUT2D eigenvalue weighted by molar-refractivity contribution is 7.88. The molecule has 2 fully saturated rings. The number of sulfonamides is 1. The number of hydrogen-bond donors (Lipinski definition) is 1. The molecule has 118 valence electrons. The van der Waals surface area contributed by atoms with Crippen molar-refractivity contribution in [1.82, 2.24) is 9.62 Å². The topological polar surface area (TPSA) is 58.6 Å². The minimum atomic E-state index is -3.05. The highest BCUT2D eigenvalue weighted by atomic mass is 32.2. The van der Waals surface area contributed by atoms with Crippen LogP contribution < -0.4 is 5.32 Å². The van der Waals surface area contributed by atoms with E-state index in [0.29, 0.717) is 19.0 Å². The van der Waals surface area contributed by atoms with Gasteiger partial charge in [-0.2, -0.15) is 0 Å². The van der Waals surface area contributed by atoms with E-state index in [0.717, 1.165) is 45.4 Å². The molecule has 5 nitrogen and oxygen atoms in total. The first-order chi connectivity index (χ1) is 9.45. The van der Waals surface area contributed by atoms with Crippen molar-refractivity contribution < 1.29 is 13.2 Å². The van der Waals surface area contributed by atoms with Gasteiger partial charge in [-0.25, -0.2) is 12.7 Å². The van der Waals surface area contributed by atoms with E-state index >= 15 is 0 Å². The third kappa shape index (κ3) is 4.16. The summed E-state index contributed by atoms with van der Waals surface area (Å²) in [4.78, 5) is 0. The quantitative estimate of drug-likeness (QED) is 0.825. The van der Waals surface area contributed by atoms with Gasteiger partial charge in [0, 0.05) is 31.7 Å². The van der Waals surface area contributed by atoms with Crippen LogP contribution in [0.4, 0.5) is 0 Å². The van der Waals surface area contributed by atoms with E-state index in [1.54, 1.807) is 4.31 Å². The molecule has 2 rings (SSSR count). The predicted octanol–water partition coefficient (Wildman–Crippen LogP) is 1.06. The summed E-state index contributed by atoms with van der Waals surface area (Å²) in [5, 5.41) is 3.30. The molecular formula is C14H28N2O3S. The van der Waals surface area contributed by atoms with Gasteiger partial charge in [0.2, 0.25) is 10.0 Å². The highest BCUT2D eigenvalue weighted by Gasteiger charge is 2.37. The number of ether oxygens (including phenoxy) is 1. The van der Waals surface area contributed by atoms with Gasteiger partial charge in [0.1, 0.15) is 0 Å². The Balaban J connectivity index is 1.99. The number of hydrogen-bond acceptors (Lipinski definition) is 4. The van der Waals surface area contributed by atoms with Gasteiger partial charge in [-0.15, -0.1) is 0 Å². The largest absolute Gasteiger partial charge is 0.381 e. The SMILES string of the molecule is CNCC1(CC2CCCN(S(C)(=O)=O)C2)CCCOC1. The molecule has 0 aromatic carbocycles. The lowest BCUT2D eigenvalue weighted by molar-refractivity contribution is -0.0233. The summed E-state index contributed by atoms with van der Waals surface area (Å²) in [6.07, 6.45) is 6.81. The molecule has 0 radical (unpaired) electrons. The first-order valence-electron chi connectivity index (χ1n) is 7.63. The summed E-state index contributed by atoms with van der Waals surface area (Å²) in [6, 6.07) is 0. The van der Waals surface area contributed by atoms with Crippen LogP contribution in [0.1, 0.15) is 32.1 Å². The van der Waals surface area contributed by atoms with E-state index in [-0.39, 0.29) is 5.41 Å². The summed E-state index contributed by atoms with van der Waals surface area (Å²) in [5.41, 5.74) is 0.193. The maximum absolute atomic E-state index is 11.7. The lowest BCUT2D eigenvalue weighted by atomic mass is 9.73. The zero-order valence-corrected chi connectivity index (χ0v) is 13.5. The van der Waals surface area contributed by atoms with Crippen LogP contribution in [0.2, 0.25) is 0 Å². The Morgan fingerprint density at radius 2 is 2.20 bits per heavy atom. The average molecular weight is 304 g/mol. The normalized spacial score (nSPS) is 33.2. The Hall–Kier alpha value is -0.170. The molecule has 2 saturated heterocycles. The highest BCUT2D eigenvalue weighted by Crippen LogP contribution is 2.37. The fourth-order valence-corrected chi connectivity index (χ4v) is 4.71. The third-order valence-electron chi connectivity index (χ3n) is 4.63. The first kappa shape index (κ1) is 16.2. The van der Waals surface area contributed by atoms with Crippen molar-refractivity contribution in [3.8, 4) is 0 Å². The summed E-state index contributed by atoms with van der Waals surface area (Å²) in [5.74, 6) is 0.466. The molecule has 0 aromatic heterocycles. The minimum absolute atomic E-state index is 0.193. The fraction of sp³-hybridized carbons (Fsp3) is 1.00. The van der Waals surface area contributed by atoms with Crippen LogP contribution in [-0.2, 0) is 14.8 Å². The molecule has 2 aliphatic rings. The molecule has 2 unspecified atom stereocenters. The summed E-state index contributed by atoms with van der Waals surface area (Å²) in [7, 11) is -1.06. The number of nitrogens with zero attached hydrogens (tertiary/aromatic N) is 1. The Morgan fingerprint density at radius 1 is 1.40 bits per heavy atom. The van der Waals surface area contributed by atoms with E-state index < -0.39 is 10.0 Å². The summed E-state index contributed by atoms with van der Waals surface area (Å²) >= 11 is 0. The molecule has 0 spiro atoms. The Bertz CT molecular complexity index is 399. The van der Waals surface area contributed by atoms with Crippen molar-refractivity contribution in [2.45, 2.75) is 32.1 Å². The Labute approximate surface area is 123 Å². The van der Waals surface area contributed by atoms with Crippen molar-refractivity contribution in [1.29, 1.82) is 0 Å². The minimum Gasteiger partial charge on any atom is -0.381 e. The molecule has 20 heavy (non-hydrogen) atoms. The smallest absolute Gasteiger partial charge is 0.211 e. The fourth-order valence-electron chi connectivity index (χ4n) is 3.76. The second-order valence-corrected chi connectivity index (χ2v) is 8.50. The van der Waals surface area contributed by atoms with Crippen molar-refractivity contribution in [2.24, 2.45) is 11.3 Å². The van der Waals surface area contributed by atoms with Gasteiger partial charge in [-0.1, -0.05) is 0 Å². The monoisotopic (exact) mass is 304 g/mol. The maximum atomic E-state index is 11.7. The van der Waals surface area contributed by atoms with E-state index in [4.69, 9.17) is 4.74 Å². The van der Waals surface area contributed by atoms with E-state index in [1.165, 1.54) is 12.7 Å². The molecule has 0 amide bonds. The van der Waals surface area contributed by atoms with Crippen molar-refractivity contribution in [3.63, 3.8) is 0 Å². The molecule has 0 aromatic rings. The molecule has 2 atom stereocenters. The van der Waals surface area contributed by atoms with Crippen LogP contribution in [0.3, 0.4) is 0 Å². The average Bonchev–Trinajstić information content (AvgIpc) is 2.39. The first-order valence-corrected chi connectivity index (χ1v) is 9.47. The van der Waals surface area contributed by atoms with Gasteiger partial charge >= 0.3 is 0 Å². The standard InChI is InChI=1S/C14H28N2O3S/c1-15-11-14(6-4-8-19-12-14)9-13-5-3-7-16(10-13)20(2,17)18/h13,15H,3-12H2,1-2H3. The van der Waals surface area contributed by atoms with Crippen LogP contribution in [-0.4, -0.2) is 58.9 Å². The van der Waals surface area contributed by atoms with Gasteiger partial charge in [0.25, 0.3) is 0 Å². The lowest BCUT2D eigenvalue weighted by Crippen LogP contribution is -2.45. The van der Waals surface area contributed by atoms with E-state index in [2.05, 4.69) is 5.32 Å². The zero-order valence-electron chi connectivity index (χ0n) is 12.7. The second-order valence-electron chi connectivity index (χ2n) is 6.52. The van der Waals surface area contributed by atoms with Gasteiger partial charge in [-0.3, -0.25) is 0 Å². The van der Waals surface area contributed by atoms with Gasteiger partial charge < -0.3 is 10.1 Å². The van der Waals surface area contributed by atoms with E-state index in [9.17, 15) is 8.42 Å². The van der Waals surface area contributed by atoms with Crippen LogP contribution in [0.5, 0.6) is 0 Å². The van der Waals surface area contributed by atoms with Crippen LogP contribution in [0.25, 0.3) is 0 Å². The van der Waals surface area contributed by atoms with Gasteiger partial charge in [-0.05, 0) is 45.1 Å². The lowest BCUT2D eigenvalue weighted by Gasteiger charge is -2.41. The molecule has 0 aliphatic carbocycles.